The van der Waals surface area contributed by atoms with Crippen LogP contribution in [0.3, 0.4) is 0 Å². The van der Waals surface area contributed by atoms with Crippen molar-refractivity contribution in [1.29, 1.82) is 0 Å². The Bertz CT molecular complexity index is 524. The Morgan fingerprint density at radius 3 is 2.85 bits per heavy atom. The number of hydrogen-bond acceptors (Lipinski definition) is 3. The van der Waals surface area contributed by atoms with Gasteiger partial charge in [-0.1, -0.05) is 18.2 Å². The molecule has 1 saturated heterocycles. The number of hydrogen-bond donors (Lipinski definition) is 1. The first kappa shape index (κ1) is 15.1. The number of benzene rings is 1. The van der Waals surface area contributed by atoms with Crippen molar-refractivity contribution in [3.8, 4) is 0 Å². The topological polar surface area (TPSA) is 49.4 Å². The minimum atomic E-state index is -0.890. The van der Waals surface area contributed by atoms with Crippen LogP contribution in [0.2, 0.25) is 0 Å². The van der Waals surface area contributed by atoms with Gasteiger partial charge in [-0.3, -0.25) is 14.3 Å². The van der Waals surface area contributed by atoms with Gasteiger partial charge in [-0.05, 0) is 19.4 Å². The fourth-order valence-corrected chi connectivity index (χ4v) is 3.12. The lowest BCUT2D eigenvalue weighted by atomic mass is 10.1. The predicted molar refractivity (Wildman–Crippen MR) is 77.0 cm³/mol. The van der Waals surface area contributed by atoms with Crippen LogP contribution >= 0.6 is 0 Å². The Morgan fingerprint density at radius 1 is 1.50 bits per heavy atom. The molecule has 0 bridgehead atoms. The second kappa shape index (κ2) is 6.45. The third-order valence-corrected chi connectivity index (χ3v) is 4.32. The molecule has 4 nitrogen and oxygen atoms in total. The second-order valence-corrected chi connectivity index (χ2v) is 6.58. The fourth-order valence-electron chi connectivity index (χ4n) is 2.45. The van der Waals surface area contributed by atoms with Crippen molar-refractivity contribution in [3.63, 3.8) is 0 Å². The van der Waals surface area contributed by atoms with Crippen molar-refractivity contribution in [2.45, 2.75) is 25.6 Å². The van der Waals surface area contributed by atoms with E-state index in [1.807, 2.05) is 6.92 Å². The Labute approximate surface area is 120 Å². The molecule has 3 atom stereocenters. The van der Waals surface area contributed by atoms with Gasteiger partial charge in [0.1, 0.15) is 12.0 Å². The van der Waals surface area contributed by atoms with E-state index >= 15 is 0 Å². The number of halogens is 1. The second-order valence-electron chi connectivity index (χ2n) is 5.02. The molecule has 0 aromatic heterocycles. The summed E-state index contributed by atoms with van der Waals surface area (Å²) in [4.78, 5) is 13.7. The normalized spacial score (nSPS) is 22.1. The highest BCUT2D eigenvalue weighted by Gasteiger charge is 2.35. The molecule has 1 aromatic carbocycles. The van der Waals surface area contributed by atoms with Crippen LogP contribution in [0.1, 0.15) is 25.1 Å². The van der Waals surface area contributed by atoms with Crippen molar-refractivity contribution in [2.24, 2.45) is 0 Å². The third kappa shape index (κ3) is 3.24. The molecule has 110 valence electrons. The van der Waals surface area contributed by atoms with Gasteiger partial charge in [0.25, 0.3) is 0 Å². The van der Waals surface area contributed by atoms with E-state index in [0.29, 0.717) is 17.7 Å². The lowest BCUT2D eigenvalue weighted by Crippen LogP contribution is -2.39. The quantitative estimate of drug-likeness (QED) is 0.894. The molecule has 0 saturated carbocycles. The average Bonchev–Trinajstić information content (AvgIpc) is 2.78. The van der Waals surface area contributed by atoms with Crippen LogP contribution in [0.15, 0.2) is 24.3 Å². The molecule has 1 aliphatic rings. The summed E-state index contributed by atoms with van der Waals surface area (Å²) in [6.45, 7) is 2.12. The maximum Gasteiger partial charge on any atom is 0.238 e. The lowest BCUT2D eigenvalue weighted by Gasteiger charge is -2.30. The molecule has 3 unspecified atom stereocenters. The molecule has 0 radical (unpaired) electrons. The summed E-state index contributed by atoms with van der Waals surface area (Å²) in [6.07, 6.45) is 1.84. The van der Waals surface area contributed by atoms with Gasteiger partial charge >= 0.3 is 0 Å². The van der Waals surface area contributed by atoms with Gasteiger partial charge in [0.05, 0.1) is 6.54 Å². The molecule has 1 aromatic rings. The zero-order chi connectivity index (χ0) is 14.7. The van der Waals surface area contributed by atoms with Crippen molar-refractivity contribution in [1.82, 2.24) is 10.2 Å². The van der Waals surface area contributed by atoms with Gasteiger partial charge < -0.3 is 4.90 Å². The van der Waals surface area contributed by atoms with Gasteiger partial charge in [0, 0.05) is 34.4 Å². The largest absolute Gasteiger partial charge is 0.319 e. The van der Waals surface area contributed by atoms with Gasteiger partial charge in [-0.25, -0.2) is 4.39 Å². The highest BCUT2D eigenvalue weighted by molar-refractivity contribution is 7.84. The number of nitrogens with one attached hydrogen (secondary N) is 1. The predicted octanol–water partition coefficient (Wildman–Crippen LogP) is 1.41. The Balaban J connectivity index is 2.18. The summed E-state index contributed by atoms with van der Waals surface area (Å²) in [6, 6.07) is 6.38. The van der Waals surface area contributed by atoms with Crippen LogP contribution in [0.4, 0.5) is 4.39 Å². The number of amides is 1. The summed E-state index contributed by atoms with van der Waals surface area (Å²) in [5.74, 6) is 0.165. The van der Waals surface area contributed by atoms with Crippen LogP contribution in [0.5, 0.6) is 0 Å². The van der Waals surface area contributed by atoms with Gasteiger partial charge in [-0.2, -0.15) is 0 Å². The van der Waals surface area contributed by atoms with Crippen LogP contribution in [0.25, 0.3) is 0 Å². The van der Waals surface area contributed by atoms with E-state index in [-0.39, 0.29) is 24.3 Å². The van der Waals surface area contributed by atoms with E-state index in [4.69, 9.17) is 0 Å². The van der Waals surface area contributed by atoms with Crippen molar-refractivity contribution >= 4 is 16.7 Å². The first-order valence-corrected chi connectivity index (χ1v) is 8.32. The molecule has 6 heteroatoms. The maximum atomic E-state index is 13.9. The first-order valence-electron chi connectivity index (χ1n) is 6.59. The van der Waals surface area contributed by atoms with E-state index < -0.39 is 17.0 Å². The van der Waals surface area contributed by atoms with E-state index in [1.54, 1.807) is 29.4 Å². The molecule has 0 spiro atoms. The Kier molecular flexibility index (Phi) is 4.88. The van der Waals surface area contributed by atoms with Gasteiger partial charge in [0.2, 0.25) is 5.91 Å². The summed E-state index contributed by atoms with van der Waals surface area (Å²) >= 11 is 0. The minimum absolute atomic E-state index is 0.0485. The molecule has 20 heavy (non-hydrogen) atoms. The molecular formula is C14H19FN2O2S. The molecule has 1 fully saturated rings. The monoisotopic (exact) mass is 298 g/mol. The molecule has 1 amide bonds. The zero-order valence-electron chi connectivity index (χ0n) is 11.6. The van der Waals surface area contributed by atoms with Gasteiger partial charge in [0.15, 0.2) is 0 Å². The molecule has 2 rings (SSSR count). The van der Waals surface area contributed by atoms with Crippen molar-refractivity contribution < 1.29 is 13.4 Å². The zero-order valence-corrected chi connectivity index (χ0v) is 12.5. The smallest absolute Gasteiger partial charge is 0.238 e. The summed E-state index contributed by atoms with van der Waals surface area (Å²) in [5, 5.41) is 3.04. The third-order valence-electron chi connectivity index (χ3n) is 3.51. The van der Waals surface area contributed by atoms with Crippen LogP contribution < -0.4 is 5.32 Å². The molecule has 1 N–H and O–H groups in total. The van der Waals surface area contributed by atoms with Crippen molar-refractivity contribution in [3.05, 3.63) is 35.6 Å². The first-order chi connectivity index (χ1) is 9.50. The number of carbonyl (C=O) groups is 1. The molecule has 0 aliphatic carbocycles. The van der Waals surface area contributed by atoms with Gasteiger partial charge in [-0.15, -0.1) is 0 Å². The van der Waals surface area contributed by atoms with Crippen molar-refractivity contribution in [2.75, 3.05) is 18.6 Å². The van der Waals surface area contributed by atoms with Crippen LogP contribution in [-0.4, -0.2) is 39.6 Å². The molecule has 1 aliphatic heterocycles. The maximum absolute atomic E-state index is 13.9. The number of nitrogens with zero attached hydrogens (tertiary/aromatic N) is 1. The summed E-state index contributed by atoms with van der Waals surface area (Å²) < 4.78 is 25.1. The minimum Gasteiger partial charge on any atom is -0.319 e. The summed E-state index contributed by atoms with van der Waals surface area (Å²) in [7, 11) is -0.890. The Morgan fingerprint density at radius 2 is 2.20 bits per heavy atom. The van der Waals surface area contributed by atoms with E-state index in [0.717, 1.165) is 0 Å². The molecule has 1 heterocycles. The highest BCUT2D eigenvalue weighted by atomic mass is 32.2. The van der Waals surface area contributed by atoms with E-state index in [1.165, 1.54) is 6.07 Å². The van der Waals surface area contributed by atoms with E-state index in [9.17, 15) is 13.4 Å². The van der Waals surface area contributed by atoms with E-state index in [2.05, 4.69) is 5.32 Å². The van der Waals surface area contributed by atoms with Crippen LogP contribution in [-0.2, 0) is 15.6 Å². The fraction of sp³-hybridized carbons (Fsp3) is 0.500. The number of rotatable bonds is 5. The summed E-state index contributed by atoms with van der Waals surface area (Å²) in [5.41, 5.74) is 0.475. The number of carbonyl (C=O) groups excluding carboxylic acids is 1. The molecular weight excluding hydrogens is 279 g/mol. The lowest BCUT2D eigenvalue weighted by molar-refractivity contribution is -0.130. The Hall–Kier alpha value is -1.27. The highest BCUT2D eigenvalue weighted by Crippen LogP contribution is 2.27. The average molecular weight is 298 g/mol. The van der Waals surface area contributed by atoms with Crippen LogP contribution in [0, 0.1) is 5.82 Å². The standard InChI is InChI=1S/C14H19FN2O2S/c1-10(7-8-20(2)19)17-13(18)9-16-14(17)11-5-3-4-6-12(11)15/h3-6,10,14,16H,7-9H2,1-2H3. The SMILES string of the molecule is CC(CCS(C)=O)N1C(=O)CNC1c1ccccc1F.